The van der Waals surface area contributed by atoms with Gasteiger partial charge in [-0.25, -0.2) is 4.98 Å². The molecule has 1 N–H and O–H groups in total. The molecule has 3 atom stereocenters. The van der Waals surface area contributed by atoms with Gasteiger partial charge in [-0.3, -0.25) is 0 Å². The average molecular weight is 438 g/mol. The lowest BCUT2D eigenvalue weighted by Crippen LogP contribution is -2.51. The monoisotopic (exact) mass is 438 g/mol. The summed E-state index contributed by atoms with van der Waals surface area (Å²) >= 11 is 1.40. The van der Waals surface area contributed by atoms with Crippen molar-refractivity contribution < 1.29 is 22.3 Å². The molecule has 6 nitrogen and oxygen atoms in total. The molecule has 160 valence electrons. The molecule has 0 aliphatic carbocycles. The highest BCUT2D eigenvalue weighted by Gasteiger charge is 2.44. The molecule has 3 unspecified atom stereocenters. The maximum Gasteiger partial charge on any atom is 0.418 e. The lowest BCUT2D eigenvalue weighted by Gasteiger charge is -2.31. The predicted octanol–water partition coefficient (Wildman–Crippen LogP) is 4.53. The van der Waals surface area contributed by atoms with Gasteiger partial charge in [-0.1, -0.05) is 6.07 Å². The summed E-state index contributed by atoms with van der Waals surface area (Å²) in [7, 11) is 0. The molecule has 2 fully saturated rings. The summed E-state index contributed by atoms with van der Waals surface area (Å²) in [6, 6.07) is 4.10. The molecule has 3 aromatic rings. The van der Waals surface area contributed by atoms with Gasteiger partial charge in [-0.05, 0) is 25.8 Å². The Hall–Kier alpha value is -2.17. The minimum absolute atomic E-state index is 0.0345. The highest BCUT2D eigenvalue weighted by molar-refractivity contribution is 7.13. The fraction of sp³-hybridized carbons (Fsp3) is 0.500. The van der Waals surface area contributed by atoms with Crippen LogP contribution in [-0.2, 0) is 4.74 Å². The number of ether oxygens (including phenoxy) is 1. The first-order valence-corrected chi connectivity index (χ1v) is 10.8. The fourth-order valence-corrected chi connectivity index (χ4v) is 5.03. The van der Waals surface area contributed by atoms with Crippen LogP contribution in [0.5, 0.6) is 0 Å². The molecule has 2 aromatic heterocycles. The van der Waals surface area contributed by atoms with Gasteiger partial charge in [0.25, 0.3) is 6.01 Å². The van der Waals surface area contributed by atoms with E-state index in [2.05, 4.69) is 15.3 Å². The molecule has 4 heterocycles. The van der Waals surface area contributed by atoms with Crippen LogP contribution in [0.2, 0.25) is 0 Å². The molecular formula is C20H21F3N4O2S. The number of benzene rings is 1. The van der Waals surface area contributed by atoms with E-state index in [-0.39, 0.29) is 17.7 Å². The van der Waals surface area contributed by atoms with Crippen molar-refractivity contribution >= 4 is 28.5 Å². The highest BCUT2D eigenvalue weighted by Crippen LogP contribution is 2.43. The molecule has 5 rings (SSSR count). The number of rotatable bonds is 5. The number of hydrogen-bond acceptors (Lipinski definition) is 7. The number of halogens is 3. The van der Waals surface area contributed by atoms with E-state index in [0.29, 0.717) is 34.3 Å². The van der Waals surface area contributed by atoms with Gasteiger partial charge in [0.05, 0.1) is 5.56 Å². The Labute approximate surface area is 175 Å². The van der Waals surface area contributed by atoms with E-state index in [4.69, 9.17) is 9.15 Å². The van der Waals surface area contributed by atoms with E-state index in [1.807, 2.05) is 10.3 Å². The number of thiazole rings is 1. The molecule has 2 bridgehead atoms. The van der Waals surface area contributed by atoms with Crippen LogP contribution < -0.4 is 10.2 Å². The van der Waals surface area contributed by atoms with E-state index in [9.17, 15) is 13.2 Å². The summed E-state index contributed by atoms with van der Waals surface area (Å²) in [5.74, 6) is 0. The number of alkyl halides is 3. The largest absolute Gasteiger partial charge is 0.423 e. The molecule has 0 saturated carbocycles. The first-order chi connectivity index (χ1) is 14.4. The molecule has 0 radical (unpaired) electrons. The van der Waals surface area contributed by atoms with Crippen molar-refractivity contribution in [2.45, 2.75) is 44.1 Å². The molecule has 2 saturated heterocycles. The Kier molecular flexibility index (Phi) is 4.95. The molecule has 0 spiro atoms. The number of aromatic nitrogens is 2. The van der Waals surface area contributed by atoms with Crippen LogP contribution in [0.3, 0.4) is 0 Å². The Morgan fingerprint density at radius 3 is 2.70 bits per heavy atom. The lowest BCUT2D eigenvalue weighted by molar-refractivity contribution is -0.222. The van der Waals surface area contributed by atoms with Crippen molar-refractivity contribution in [2.24, 2.45) is 0 Å². The Morgan fingerprint density at radius 2 is 2.07 bits per heavy atom. The van der Waals surface area contributed by atoms with Gasteiger partial charge >= 0.3 is 6.18 Å². The van der Waals surface area contributed by atoms with Crippen molar-refractivity contribution in [3.8, 4) is 10.6 Å². The zero-order valence-electron chi connectivity index (χ0n) is 16.3. The standard InChI is InChI=1S/C20H21F3N4O2S/c1-2-28-17(20(21,22)23)13-5-6-14(18-24-7-8-30-18)16-15(13)26-19(29-16)27-9-11-3-4-12(10-27)25-11/h5-8,11-12,17,25H,2-4,9-10H2,1H3. The third-order valence-electron chi connectivity index (χ3n) is 5.63. The summed E-state index contributed by atoms with van der Waals surface area (Å²) < 4.78 is 52.4. The number of piperazine rings is 1. The van der Waals surface area contributed by atoms with Crippen molar-refractivity contribution in [3.63, 3.8) is 0 Å². The highest BCUT2D eigenvalue weighted by atomic mass is 32.1. The maximum atomic E-state index is 13.8. The number of oxazole rings is 1. The summed E-state index contributed by atoms with van der Waals surface area (Å²) in [5.41, 5.74) is 1.10. The Balaban J connectivity index is 1.64. The third kappa shape index (κ3) is 3.46. The number of nitrogens with zero attached hydrogens (tertiary/aromatic N) is 3. The van der Waals surface area contributed by atoms with Gasteiger partial charge in [-0.2, -0.15) is 18.2 Å². The van der Waals surface area contributed by atoms with Gasteiger partial charge < -0.3 is 19.4 Å². The zero-order chi connectivity index (χ0) is 20.9. The van der Waals surface area contributed by atoms with Crippen LogP contribution in [0.1, 0.15) is 31.4 Å². The Bertz CT molecular complexity index is 1020. The van der Waals surface area contributed by atoms with Crippen molar-refractivity contribution in [3.05, 3.63) is 29.3 Å². The van der Waals surface area contributed by atoms with E-state index in [0.717, 1.165) is 25.9 Å². The fourth-order valence-electron chi connectivity index (χ4n) is 4.37. The van der Waals surface area contributed by atoms with Crippen LogP contribution in [0.25, 0.3) is 21.7 Å². The van der Waals surface area contributed by atoms with E-state index < -0.39 is 12.3 Å². The molecule has 30 heavy (non-hydrogen) atoms. The lowest BCUT2D eigenvalue weighted by atomic mass is 10.0. The van der Waals surface area contributed by atoms with Gasteiger partial charge in [-0.15, -0.1) is 11.3 Å². The van der Waals surface area contributed by atoms with Gasteiger partial charge in [0, 0.05) is 48.9 Å². The number of anilines is 1. The van der Waals surface area contributed by atoms with Gasteiger partial charge in [0.2, 0.25) is 0 Å². The summed E-state index contributed by atoms with van der Waals surface area (Å²) in [6.07, 6.45) is -2.80. The summed E-state index contributed by atoms with van der Waals surface area (Å²) in [5, 5.41) is 6.03. The van der Waals surface area contributed by atoms with Crippen LogP contribution in [0.15, 0.2) is 28.1 Å². The number of nitrogens with one attached hydrogen (secondary N) is 1. The first kappa shape index (κ1) is 19.8. The molecule has 2 aliphatic rings. The summed E-state index contributed by atoms with van der Waals surface area (Å²) in [4.78, 5) is 10.9. The molecule has 10 heteroatoms. The van der Waals surface area contributed by atoms with E-state index in [1.165, 1.54) is 17.4 Å². The topological polar surface area (TPSA) is 63.4 Å². The van der Waals surface area contributed by atoms with Crippen LogP contribution in [0.4, 0.5) is 19.2 Å². The summed E-state index contributed by atoms with van der Waals surface area (Å²) in [6.45, 7) is 2.93. The first-order valence-electron chi connectivity index (χ1n) is 9.96. The molecule has 1 aromatic carbocycles. The average Bonchev–Trinajstić information content (AvgIpc) is 3.44. The second kappa shape index (κ2) is 7.51. The van der Waals surface area contributed by atoms with Crippen LogP contribution in [-0.4, -0.2) is 47.9 Å². The predicted molar refractivity (Wildman–Crippen MR) is 108 cm³/mol. The number of fused-ring (bicyclic) bond motifs is 3. The van der Waals surface area contributed by atoms with E-state index in [1.54, 1.807) is 19.2 Å². The van der Waals surface area contributed by atoms with Crippen LogP contribution >= 0.6 is 11.3 Å². The molecular weight excluding hydrogens is 417 g/mol. The van der Waals surface area contributed by atoms with Crippen molar-refractivity contribution in [1.29, 1.82) is 0 Å². The van der Waals surface area contributed by atoms with E-state index >= 15 is 0 Å². The number of hydrogen-bond donors (Lipinski definition) is 1. The van der Waals surface area contributed by atoms with Crippen molar-refractivity contribution in [1.82, 2.24) is 15.3 Å². The SMILES string of the molecule is CCOC(c1ccc(-c2nccs2)c2oc(N3CC4CCC(C3)N4)nc12)C(F)(F)F. The van der Waals surface area contributed by atoms with Gasteiger partial charge in [0.1, 0.15) is 10.5 Å². The second-order valence-corrected chi connectivity index (χ2v) is 8.53. The third-order valence-corrected chi connectivity index (χ3v) is 6.43. The normalized spacial score (nSPS) is 22.7. The van der Waals surface area contributed by atoms with Crippen molar-refractivity contribution in [2.75, 3.05) is 24.6 Å². The maximum absolute atomic E-state index is 13.8. The minimum Gasteiger partial charge on any atom is -0.423 e. The minimum atomic E-state index is -4.56. The quantitative estimate of drug-likeness (QED) is 0.632. The zero-order valence-corrected chi connectivity index (χ0v) is 17.1. The second-order valence-electron chi connectivity index (χ2n) is 7.63. The Morgan fingerprint density at radius 1 is 1.30 bits per heavy atom. The smallest absolute Gasteiger partial charge is 0.418 e. The van der Waals surface area contributed by atoms with Gasteiger partial charge in [0.15, 0.2) is 11.7 Å². The van der Waals surface area contributed by atoms with Crippen LogP contribution in [0, 0.1) is 0 Å². The molecule has 0 amide bonds. The molecule has 2 aliphatic heterocycles.